The summed E-state index contributed by atoms with van der Waals surface area (Å²) in [6, 6.07) is 0. The van der Waals surface area contributed by atoms with Crippen LogP contribution in [0.25, 0.3) is 0 Å². The normalized spacial score (nSPS) is 23.0. The Labute approximate surface area is 60.4 Å². The lowest BCUT2D eigenvalue weighted by Crippen LogP contribution is -2.11. The molecule has 0 aromatic rings. The molecule has 1 heteroatoms. The molecule has 10 heavy (non-hydrogen) atoms. The zero-order chi connectivity index (χ0) is 6.97. The molecule has 0 aliphatic heterocycles. The van der Waals surface area contributed by atoms with E-state index in [9.17, 15) is 5.11 Å². The van der Waals surface area contributed by atoms with Crippen molar-refractivity contribution in [1.82, 2.24) is 0 Å². The Hall–Kier alpha value is -0.980. The largest absolute Gasteiger partial charge is 0.875 e. The molecule has 2 aliphatic carbocycles. The van der Waals surface area contributed by atoms with Crippen molar-refractivity contribution in [3.05, 3.63) is 35.1 Å². The quantitative estimate of drug-likeness (QED) is 0.488. The van der Waals surface area contributed by atoms with Crippen LogP contribution >= 0.6 is 0 Å². The van der Waals surface area contributed by atoms with Gasteiger partial charge >= 0.3 is 0 Å². The van der Waals surface area contributed by atoms with Crippen LogP contribution in [-0.2, 0) is 0 Å². The molecule has 0 N–H and O–H groups in total. The highest BCUT2D eigenvalue weighted by molar-refractivity contribution is 5.50. The molecule has 0 bridgehead atoms. The van der Waals surface area contributed by atoms with Crippen molar-refractivity contribution in [2.24, 2.45) is 0 Å². The van der Waals surface area contributed by atoms with Crippen LogP contribution in [0, 0.1) is 0 Å². The van der Waals surface area contributed by atoms with Gasteiger partial charge in [-0.25, -0.2) is 0 Å². The Bertz CT molecular complexity index is 243. The van der Waals surface area contributed by atoms with Gasteiger partial charge in [0.15, 0.2) is 0 Å². The summed E-state index contributed by atoms with van der Waals surface area (Å²) in [6.07, 6.45) is 8.82. The van der Waals surface area contributed by atoms with Crippen molar-refractivity contribution in [2.75, 3.05) is 0 Å². The maximum absolute atomic E-state index is 11.1. The van der Waals surface area contributed by atoms with Gasteiger partial charge in [0.1, 0.15) is 0 Å². The van der Waals surface area contributed by atoms with E-state index in [0.29, 0.717) is 5.76 Å². The van der Waals surface area contributed by atoms with Gasteiger partial charge < -0.3 is 5.11 Å². The molecule has 0 amide bonds. The van der Waals surface area contributed by atoms with Gasteiger partial charge in [-0.3, -0.25) is 0 Å². The molecule has 0 saturated carbocycles. The summed E-state index contributed by atoms with van der Waals surface area (Å²) in [5, 5.41) is 11.1. The van der Waals surface area contributed by atoms with Gasteiger partial charge in [-0.15, -0.1) is 5.76 Å². The maximum atomic E-state index is 11.1. The van der Waals surface area contributed by atoms with Gasteiger partial charge in [0.05, 0.1) is 0 Å². The predicted octanol–water partition coefficient (Wildman–Crippen LogP) is 1.28. The lowest BCUT2D eigenvalue weighted by atomic mass is 9.95. The Morgan fingerprint density at radius 1 is 1.30 bits per heavy atom. The Morgan fingerprint density at radius 3 is 3.00 bits per heavy atom. The smallest absolute Gasteiger partial charge is 0.0271 e. The van der Waals surface area contributed by atoms with Gasteiger partial charge in [-0.1, -0.05) is 18.2 Å². The molecule has 2 rings (SSSR count). The van der Waals surface area contributed by atoms with Crippen molar-refractivity contribution >= 4 is 0 Å². The van der Waals surface area contributed by atoms with Gasteiger partial charge in [0.2, 0.25) is 0 Å². The minimum Gasteiger partial charge on any atom is -0.875 e. The molecule has 0 spiro atoms. The minimum absolute atomic E-state index is 0.325. The van der Waals surface area contributed by atoms with Crippen LogP contribution in [0.2, 0.25) is 0 Å². The van der Waals surface area contributed by atoms with E-state index in [4.69, 9.17) is 0 Å². The first-order chi connectivity index (χ1) is 4.88. The van der Waals surface area contributed by atoms with Crippen LogP contribution in [0.5, 0.6) is 0 Å². The van der Waals surface area contributed by atoms with Crippen LogP contribution in [-0.4, -0.2) is 0 Å². The van der Waals surface area contributed by atoms with E-state index in [-0.39, 0.29) is 0 Å². The highest BCUT2D eigenvalue weighted by Gasteiger charge is 2.11. The van der Waals surface area contributed by atoms with Gasteiger partial charge in [-0.2, -0.15) is 0 Å². The van der Waals surface area contributed by atoms with Crippen molar-refractivity contribution in [3.8, 4) is 0 Å². The topological polar surface area (TPSA) is 23.1 Å². The first-order valence-corrected chi connectivity index (χ1v) is 3.66. The summed E-state index contributed by atoms with van der Waals surface area (Å²) in [5.41, 5.74) is 2.21. The molecule has 0 aromatic heterocycles. The van der Waals surface area contributed by atoms with E-state index in [2.05, 4.69) is 0 Å². The van der Waals surface area contributed by atoms with Crippen LogP contribution in [0.15, 0.2) is 35.1 Å². The fourth-order valence-electron chi connectivity index (χ4n) is 1.52. The van der Waals surface area contributed by atoms with Crippen LogP contribution < -0.4 is 5.11 Å². The average Bonchev–Trinajstić information content (AvgIpc) is 2.36. The summed E-state index contributed by atoms with van der Waals surface area (Å²) in [5.74, 6) is 0.325. The first kappa shape index (κ1) is 5.78. The van der Waals surface area contributed by atoms with Crippen molar-refractivity contribution in [3.63, 3.8) is 0 Å². The van der Waals surface area contributed by atoms with Crippen molar-refractivity contribution < 1.29 is 5.11 Å². The maximum Gasteiger partial charge on any atom is -0.0271 e. The van der Waals surface area contributed by atoms with Crippen LogP contribution in [0.4, 0.5) is 0 Å². The number of hydrogen-bond donors (Lipinski definition) is 0. The van der Waals surface area contributed by atoms with E-state index in [0.717, 1.165) is 24.8 Å². The average molecular weight is 133 g/mol. The third kappa shape index (κ3) is 0.703. The van der Waals surface area contributed by atoms with E-state index < -0.39 is 0 Å². The zero-order valence-electron chi connectivity index (χ0n) is 5.76. The second kappa shape index (κ2) is 2.01. The van der Waals surface area contributed by atoms with Gasteiger partial charge in [-0.05, 0) is 30.4 Å². The fourth-order valence-corrected chi connectivity index (χ4v) is 1.52. The van der Waals surface area contributed by atoms with E-state index in [1.165, 1.54) is 5.57 Å². The highest BCUT2D eigenvalue weighted by Crippen LogP contribution is 2.30. The highest BCUT2D eigenvalue weighted by atomic mass is 16.3. The molecular formula is C9H9O-. The molecular weight excluding hydrogens is 124 g/mol. The lowest BCUT2D eigenvalue weighted by Gasteiger charge is -2.22. The number of rotatable bonds is 0. The zero-order valence-corrected chi connectivity index (χ0v) is 5.76. The molecule has 0 radical (unpaired) electrons. The van der Waals surface area contributed by atoms with Crippen LogP contribution in [0.1, 0.15) is 19.3 Å². The third-order valence-corrected chi connectivity index (χ3v) is 2.06. The Balaban J connectivity index is 2.45. The molecule has 0 heterocycles. The number of fused-ring (bicyclic) bond motifs is 1. The van der Waals surface area contributed by atoms with E-state index in [1.54, 1.807) is 0 Å². The monoisotopic (exact) mass is 133 g/mol. The molecule has 2 aliphatic rings. The lowest BCUT2D eigenvalue weighted by molar-refractivity contribution is -0.308. The van der Waals surface area contributed by atoms with E-state index >= 15 is 0 Å². The molecule has 0 unspecified atom stereocenters. The minimum atomic E-state index is 0.325. The van der Waals surface area contributed by atoms with E-state index in [1.807, 2.05) is 18.2 Å². The summed E-state index contributed by atoms with van der Waals surface area (Å²) in [7, 11) is 0. The van der Waals surface area contributed by atoms with Crippen LogP contribution in [0.3, 0.4) is 0 Å². The summed E-state index contributed by atoms with van der Waals surface area (Å²) < 4.78 is 0. The molecule has 0 fully saturated rings. The molecule has 52 valence electrons. The summed E-state index contributed by atoms with van der Waals surface area (Å²) >= 11 is 0. The van der Waals surface area contributed by atoms with Crippen molar-refractivity contribution in [1.29, 1.82) is 0 Å². The molecule has 0 atom stereocenters. The third-order valence-electron chi connectivity index (χ3n) is 2.06. The molecule has 0 aromatic carbocycles. The van der Waals surface area contributed by atoms with Gasteiger partial charge in [0.25, 0.3) is 0 Å². The summed E-state index contributed by atoms with van der Waals surface area (Å²) in [4.78, 5) is 0. The SMILES string of the molecule is [O-]C1=C2C=CC=C2CCC1. The van der Waals surface area contributed by atoms with Gasteiger partial charge in [0, 0.05) is 0 Å². The predicted molar refractivity (Wildman–Crippen MR) is 38.1 cm³/mol. The summed E-state index contributed by atoms with van der Waals surface area (Å²) in [6.45, 7) is 0. The Morgan fingerprint density at radius 2 is 2.20 bits per heavy atom. The fraction of sp³-hybridized carbons (Fsp3) is 0.333. The standard InChI is InChI=1S/C9H10O/c10-9-6-2-4-7-3-1-5-8(7)9/h1,3,5,10H,2,4,6H2/p-1. The molecule has 1 nitrogen and oxygen atoms in total. The second-order valence-corrected chi connectivity index (χ2v) is 2.74. The Kier molecular flexibility index (Phi) is 1.16. The number of allylic oxidation sites excluding steroid dienone is 6. The first-order valence-electron chi connectivity index (χ1n) is 3.66. The second-order valence-electron chi connectivity index (χ2n) is 2.74. The van der Waals surface area contributed by atoms with Crippen molar-refractivity contribution in [2.45, 2.75) is 19.3 Å². The number of hydrogen-bond acceptors (Lipinski definition) is 1. The molecule has 0 saturated heterocycles.